The molecule has 4 unspecified atom stereocenters. The number of allylic oxidation sites excluding steroid dienone is 4. The van der Waals surface area contributed by atoms with E-state index in [-0.39, 0.29) is 22.9 Å². The molecule has 3 aliphatic rings. The third-order valence-electron chi connectivity index (χ3n) is 14.1. The Kier molecular flexibility index (Phi) is 11.1. The SMILES string of the molecule is Cc1cccc([C@@H](C)C2(C)C=CC=C([C@H](C)c3cccc(C)c3)C2N2CCN(C3C([C@H](C)c4cccc(C)c4)=CC=CC3(C)[C@H](C)c3cccc(C)c3)C2)c1. The molecule has 0 amide bonds. The van der Waals surface area contributed by atoms with Crippen molar-refractivity contribution in [3.63, 3.8) is 0 Å². The van der Waals surface area contributed by atoms with Gasteiger partial charge in [0, 0.05) is 47.8 Å². The molecule has 1 saturated heterocycles. The molecule has 4 aromatic rings. The molecular formula is C53H64N2. The van der Waals surface area contributed by atoms with Crippen molar-refractivity contribution >= 4 is 0 Å². The van der Waals surface area contributed by atoms with Crippen LogP contribution in [0, 0.1) is 38.5 Å². The summed E-state index contributed by atoms with van der Waals surface area (Å²) in [6.45, 7) is 26.8. The van der Waals surface area contributed by atoms with E-state index in [0.717, 1.165) is 19.8 Å². The minimum absolute atomic E-state index is 0.107. The van der Waals surface area contributed by atoms with Crippen LogP contribution in [0.3, 0.4) is 0 Å². The summed E-state index contributed by atoms with van der Waals surface area (Å²) in [6, 6.07) is 37.3. The lowest BCUT2D eigenvalue weighted by molar-refractivity contribution is 0.0771. The monoisotopic (exact) mass is 729 g/mol. The average Bonchev–Trinajstić information content (AvgIpc) is 3.65. The van der Waals surface area contributed by atoms with Crippen molar-refractivity contribution in [2.45, 2.75) is 105 Å². The molecule has 2 aliphatic carbocycles. The standard InChI is InChI=1S/C53H64N2/c1-36-17-11-21-44(31-36)40(5)48-25-15-27-52(9,42(7)46-23-13-19-38(3)33-46)50(48)54-29-30-55(35-54)51-49(41(6)45-22-12-18-37(2)32-45)26-16-28-53(51,10)43(8)47-24-14-20-39(4)34-47/h11-28,31-34,40-43,50-51H,29-30,35H2,1-10H3/t40-,41-,42-,43-,50?,51?,52?,53?/m1/s1. The number of nitrogens with zero attached hydrogens (tertiary/aromatic N) is 2. The van der Waals surface area contributed by atoms with Crippen LogP contribution in [0.5, 0.6) is 0 Å². The Balaban J connectivity index is 1.31. The van der Waals surface area contributed by atoms with Crippen molar-refractivity contribution < 1.29 is 0 Å². The van der Waals surface area contributed by atoms with Crippen molar-refractivity contribution in [3.05, 3.63) is 189 Å². The first-order chi connectivity index (χ1) is 26.3. The van der Waals surface area contributed by atoms with E-state index < -0.39 is 0 Å². The Morgan fingerprint density at radius 1 is 0.491 bits per heavy atom. The Labute approximate surface area is 333 Å². The molecule has 1 fully saturated rings. The van der Waals surface area contributed by atoms with Gasteiger partial charge >= 0.3 is 0 Å². The maximum atomic E-state index is 2.86. The summed E-state index contributed by atoms with van der Waals surface area (Å²) in [5, 5.41) is 0. The second-order valence-corrected chi connectivity index (χ2v) is 17.9. The van der Waals surface area contributed by atoms with Crippen LogP contribution in [0.4, 0.5) is 0 Å². The lowest BCUT2D eigenvalue weighted by Gasteiger charge is -2.51. The zero-order valence-corrected chi connectivity index (χ0v) is 35.2. The van der Waals surface area contributed by atoms with Gasteiger partial charge in [0.1, 0.15) is 0 Å². The number of rotatable bonds is 10. The van der Waals surface area contributed by atoms with Crippen LogP contribution < -0.4 is 0 Å². The van der Waals surface area contributed by atoms with Gasteiger partial charge in [0.25, 0.3) is 0 Å². The van der Waals surface area contributed by atoms with Crippen LogP contribution in [0.15, 0.2) is 145 Å². The molecule has 8 atom stereocenters. The van der Waals surface area contributed by atoms with E-state index in [1.165, 1.54) is 55.7 Å². The fraction of sp³-hybridized carbons (Fsp3) is 0.396. The molecule has 55 heavy (non-hydrogen) atoms. The molecule has 0 saturated carbocycles. The van der Waals surface area contributed by atoms with Gasteiger partial charge in [-0.25, -0.2) is 0 Å². The molecule has 2 heteroatoms. The number of hydrogen-bond donors (Lipinski definition) is 0. The number of benzene rings is 4. The predicted octanol–water partition coefficient (Wildman–Crippen LogP) is 12.8. The molecule has 0 aromatic heterocycles. The molecule has 286 valence electrons. The largest absolute Gasteiger partial charge is 0.282 e. The topological polar surface area (TPSA) is 6.48 Å². The quantitative estimate of drug-likeness (QED) is 0.160. The van der Waals surface area contributed by atoms with Gasteiger partial charge in [-0.05, 0) is 72.9 Å². The van der Waals surface area contributed by atoms with Gasteiger partial charge in [-0.2, -0.15) is 0 Å². The van der Waals surface area contributed by atoms with E-state index in [1.54, 1.807) is 0 Å². The summed E-state index contributed by atoms with van der Waals surface area (Å²) >= 11 is 0. The summed E-state index contributed by atoms with van der Waals surface area (Å²) in [4.78, 5) is 5.72. The molecule has 4 aromatic carbocycles. The van der Waals surface area contributed by atoms with Gasteiger partial charge in [0.15, 0.2) is 0 Å². The van der Waals surface area contributed by atoms with E-state index >= 15 is 0 Å². The lowest BCUT2D eigenvalue weighted by atomic mass is 9.62. The summed E-state index contributed by atoms with van der Waals surface area (Å²) in [7, 11) is 0. The summed E-state index contributed by atoms with van der Waals surface area (Å²) in [6.07, 6.45) is 14.7. The van der Waals surface area contributed by atoms with Gasteiger partial charge in [-0.3, -0.25) is 9.80 Å². The van der Waals surface area contributed by atoms with Crippen molar-refractivity contribution in [1.82, 2.24) is 9.80 Å². The maximum Gasteiger partial charge on any atom is 0.0519 e. The fourth-order valence-electron chi connectivity index (χ4n) is 10.5. The Bertz CT molecular complexity index is 1980. The average molecular weight is 729 g/mol. The minimum atomic E-state index is -0.107. The number of hydrogen-bond acceptors (Lipinski definition) is 2. The van der Waals surface area contributed by atoms with E-state index in [0.29, 0.717) is 23.7 Å². The first kappa shape index (κ1) is 39.0. The summed E-state index contributed by atoms with van der Waals surface area (Å²) in [5.74, 6) is 1.26. The first-order valence-electron chi connectivity index (χ1n) is 20.8. The van der Waals surface area contributed by atoms with Crippen LogP contribution >= 0.6 is 0 Å². The molecule has 1 heterocycles. The highest BCUT2D eigenvalue weighted by Crippen LogP contribution is 2.53. The van der Waals surface area contributed by atoms with Crippen molar-refractivity contribution in [2.75, 3.05) is 19.8 Å². The van der Waals surface area contributed by atoms with Crippen LogP contribution in [0.2, 0.25) is 0 Å². The Morgan fingerprint density at radius 3 is 1.16 bits per heavy atom. The second kappa shape index (κ2) is 15.7. The van der Waals surface area contributed by atoms with Crippen LogP contribution in [0.1, 0.15) is 110 Å². The number of aryl methyl sites for hydroxylation is 4. The maximum absolute atomic E-state index is 2.86. The highest BCUT2D eigenvalue weighted by atomic mass is 15.4. The first-order valence-corrected chi connectivity index (χ1v) is 20.8. The van der Waals surface area contributed by atoms with Crippen LogP contribution in [-0.4, -0.2) is 41.6 Å². The smallest absolute Gasteiger partial charge is 0.0519 e. The Hall–Kier alpha value is -4.24. The molecule has 0 N–H and O–H groups in total. The second-order valence-electron chi connectivity index (χ2n) is 17.9. The predicted molar refractivity (Wildman–Crippen MR) is 235 cm³/mol. The summed E-state index contributed by atoms with van der Waals surface area (Å²) in [5.41, 5.74) is 13.8. The molecule has 0 bridgehead atoms. The van der Waals surface area contributed by atoms with Gasteiger partial charge in [0.05, 0.1) is 6.67 Å². The van der Waals surface area contributed by atoms with Gasteiger partial charge < -0.3 is 0 Å². The third-order valence-corrected chi connectivity index (χ3v) is 14.1. The normalized spacial score (nSPS) is 26.7. The van der Waals surface area contributed by atoms with Crippen molar-refractivity contribution in [3.8, 4) is 0 Å². The highest BCUT2D eigenvalue weighted by molar-refractivity contribution is 5.45. The fourth-order valence-corrected chi connectivity index (χ4v) is 10.5. The van der Waals surface area contributed by atoms with E-state index in [2.05, 4.69) is 213 Å². The van der Waals surface area contributed by atoms with E-state index in [9.17, 15) is 0 Å². The van der Waals surface area contributed by atoms with Crippen molar-refractivity contribution in [2.24, 2.45) is 10.8 Å². The van der Waals surface area contributed by atoms with E-state index in [4.69, 9.17) is 0 Å². The van der Waals surface area contributed by atoms with Crippen LogP contribution in [0.25, 0.3) is 0 Å². The molecule has 2 nitrogen and oxygen atoms in total. The van der Waals surface area contributed by atoms with Crippen molar-refractivity contribution in [1.29, 1.82) is 0 Å². The molecule has 7 rings (SSSR count). The summed E-state index contributed by atoms with van der Waals surface area (Å²) < 4.78 is 0. The highest BCUT2D eigenvalue weighted by Gasteiger charge is 2.51. The molecule has 0 radical (unpaired) electrons. The molecular weight excluding hydrogens is 665 g/mol. The zero-order valence-electron chi connectivity index (χ0n) is 35.2. The Morgan fingerprint density at radius 2 is 0.818 bits per heavy atom. The molecule has 1 aliphatic heterocycles. The van der Waals surface area contributed by atoms with E-state index in [1.807, 2.05) is 0 Å². The zero-order chi connectivity index (χ0) is 39.1. The molecule has 0 spiro atoms. The van der Waals surface area contributed by atoms with Gasteiger partial charge in [0.2, 0.25) is 0 Å². The van der Waals surface area contributed by atoms with Crippen LogP contribution in [-0.2, 0) is 0 Å². The van der Waals surface area contributed by atoms with Gasteiger partial charge in [-0.1, -0.05) is 197 Å². The lowest BCUT2D eigenvalue weighted by Crippen LogP contribution is -2.53. The minimum Gasteiger partial charge on any atom is -0.282 e. The third kappa shape index (κ3) is 7.53. The van der Waals surface area contributed by atoms with Gasteiger partial charge in [-0.15, -0.1) is 0 Å².